The lowest BCUT2D eigenvalue weighted by atomic mass is 9.68. The Morgan fingerprint density at radius 2 is 2.00 bits per heavy atom. The van der Waals surface area contributed by atoms with E-state index in [2.05, 4.69) is 31.4 Å². The molecule has 0 spiro atoms. The predicted octanol–water partition coefficient (Wildman–Crippen LogP) is 4.40. The molecular formula is C23H31NO3. The summed E-state index contributed by atoms with van der Waals surface area (Å²) in [4.78, 5) is 15.7. The minimum absolute atomic E-state index is 0.0864. The second kappa shape index (κ2) is 6.29. The molecule has 0 N–H and O–H groups in total. The molecule has 1 aliphatic heterocycles. The van der Waals surface area contributed by atoms with Gasteiger partial charge in [0.05, 0.1) is 19.6 Å². The Balaban J connectivity index is 1.56. The van der Waals surface area contributed by atoms with E-state index in [0.29, 0.717) is 11.8 Å². The molecule has 146 valence electrons. The lowest BCUT2D eigenvalue weighted by molar-refractivity contribution is -0.138. The molecule has 2 saturated carbocycles. The zero-order valence-corrected chi connectivity index (χ0v) is 17.0. The van der Waals surface area contributed by atoms with Crippen molar-refractivity contribution >= 4 is 5.91 Å². The van der Waals surface area contributed by atoms with E-state index in [1.54, 1.807) is 14.2 Å². The van der Waals surface area contributed by atoms with Gasteiger partial charge in [0.15, 0.2) is 11.5 Å². The maximum Gasteiger partial charge on any atom is 0.232 e. The first-order valence-electron chi connectivity index (χ1n) is 10.0. The highest BCUT2D eigenvalue weighted by Crippen LogP contribution is 2.66. The van der Waals surface area contributed by atoms with Crippen LogP contribution in [0.1, 0.15) is 51.0 Å². The molecule has 3 fully saturated rings. The summed E-state index contributed by atoms with van der Waals surface area (Å²) in [5.74, 6) is 2.75. The number of likely N-dealkylation sites (tertiary alicyclic amines) is 1. The van der Waals surface area contributed by atoms with Gasteiger partial charge in [-0.3, -0.25) is 4.79 Å². The number of methoxy groups -OCH3 is 2. The van der Waals surface area contributed by atoms with Crippen LogP contribution >= 0.6 is 0 Å². The monoisotopic (exact) mass is 369 g/mol. The van der Waals surface area contributed by atoms with Crippen molar-refractivity contribution in [3.05, 3.63) is 35.9 Å². The smallest absolute Gasteiger partial charge is 0.232 e. The van der Waals surface area contributed by atoms with Gasteiger partial charge < -0.3 is 14.4 Å². The topological polar surface area (TPSA) is 38.8 Å². The Morgan fingerprint density at radius 1 is 1.22 bits per heavy atom. The van der Waals surface area contributed by atoms with Gasteiger partial charge in [0, 0.05) is 24.6 Å². The Bertz CT molecular complexity index is 784. The molecule has 1 aromatic rings. The summed E-state index contributed by atoms with van der Waals surface area (Å²) in [5.41, 5.74) is 2.07. The summed E-state index contributed by atoms with van der Waals surface area (Å²) in [5, 5.41) is 0. The molecule has 3 atom stereocenters. The molecule has 3 aliphatic rings. The van der Waals surface area contributed by atoms with Gasteiger partial charge in [0.25, 0.3) is 0 Å². The fourth-order valence-corrected chi connectivity index (χ4v) is 5.86. The lowest BCUT2D eigenvalue weighted by Crippen LogP contribution is -2.43. The van der Waals surface area contributed by atoms with E-state index in [1.165, 1.54) is 5.57 Å². The molecule has 4 heteroatoms. The van der Waals surface area contributed by atoms with Crippen molar-refractivity contribution in [2.75, 3.05) is 27.3 Å². The number of carbonyl (C=O) groups excluding carboxylic acids is 1. The first-order chi connectivity index (χ1) is 12.8. The van der Waals surface area contributed by atoms with Crippen LogP contribution in [0.4, 0.5) is 0 Å². The molecule has 27 heavy (non-hydrogen) atoms. The van der Waals surface area contributed by atoms with E-state index in [4.69, 9.17) is 9.47 Å². The van der Waals surface area contributed by atoms with Crippen LogP contribution in [0.3, 0.4) is 0 Å². The minimum Gasteiger partial charge on any atom is -0.493 e. The highest BCUT2D eigenvalue weighted by molar-refractivity contribution is 5.88. The zero-order valence-electron chi connectivity index (χ0n) is 17.0. The highest BCUT2D eigenvalue weighted by atomic mass is 16.5. The highest BCUT2D eigenvalue weighted by Gasteiger charge is 2.62. The predicted molar refractivity (Wildman–Crippen MR) is 106 cm³/mol. The molecule has 1 saturated heterocycles. The number of benzene rings is 1. The van der Waals surface area contributed by atoms with Crippen molar-refractivity contribution in [2.45, 2.75) is 45.4 Å². The van der Waals surface area contributed by atoms with E-state index >= 15 is 0 Å². The summed E-state index contributed by atoms with van der Waals surface area (Å²) in [6.45, 7) is 10.5. The number of nitrogens with zero attached hydrogens (tertiary/aromatic N) is 1. The molecule has 2 aliphatic carbocycles. The van der Waals surface area contributed by atoms with E-state index in [1.807, 2.05) is 12.1 Å². The Morgan fingerprint density at radius 3 is 2.63 bits per heavy atom. The van der Waals surface area contributed by atoms with E-state index in [-0.39, 0.29) is 16.7 Å². The van der Waals surface area contributed by atoms with Crippen LogP contribution in [0.5, 0.6) is 11.5 Å². The SMILES string of the molecule is C=C1C(C)(C)[C@@H]2CC[C@]1(C(=O)N1CC[C@@H](c3cccc(OC)c3OC)C1)C2. The zero-order chi connectivity index (χ0) is 19.4. The second-order valence-corrected chi connectivity index (χ2v) is 9.04. The molecule has 1 heterocycles. The van der Waals surface area contributed by atoms with Crippen LogP contribution in [0.15, 0.2) is 30.4 Å². The maximum atomic E-state index is 13.6. The summed E-state index contributed by atoms with van der Waals surface area (Å²) in [7, 11) is 3.34. The first-order valence-corrected chi connectivity index (χ1v) is 10.0. The third-order valence-electron chi connectivity index (χ3n) is 7.65. The number of fused-ring (bicyclic) bond motifs is 2. The molecule has 4 nitrogen and oxygen atoms in total. The standard InChI is InChI=1S/C23H31NO3/c1-15-22(2,3)17-9-11-23(15,13-17)21(25)24-12-10-16(14-24)18-7-6-8-19(26-4)20(18)27-5/h6-8,16-17H,1,9-14H2,2-5H3/t16-,17-,23+/m1/s1. The first kappa shape index (κ1) is 18.4. The third-order valence-corrected chi connectivity index (χ3v) is 7.65. The summed E-state index contributed by atoms with van der Waals surface area (Å²) >= 11 is 0. The van der Waals surface area contributed by atoms with E-state index in [9.17, 15) is 4.79 Å². The van der Waals surface area contributed by atoms with Crippen molar-refractivity contribution < 1.29 is 14.3 Å². The molecular weight excluding hydrogens is 338 g/mol. The van der Waals surface area contributed by atoms with Gasteiger partial charge in [-0.25, -0.2) is 0 Å². The summed E-state index contributed by atoms with van der Waals surface area (Å²) in [6, 6.07) is 6.02. The van der Waals surface area contributed by atoms with Crippen molar-refractivity contribution in [3.8, 4) is 11.5 Å². The van der Waals surface area contributed by atoms with Crippen LogP contribution < -0.4 is 9.47 Å². The molecule has 4 rings (SSSR count). The van der Waals surface area contributed by atoms with Crippen LogP contribution in [0, 0.1) is 16.7 Å². The number of ether oxygens (including phenoxy) is 2. The van der Waals surface area contributed by atoms with Gasteiger partial charge in [-0.15, -0.1) is 0 Å². The van der Waals surface area contributed by atoms with Gasteiger partial charge in [0.2, 0.25) is 5.91 Å². The molecule has 0 radical (unpaired) electrons. The maximum absolute atomic E-state index is 13.6. The lowest BCUT2D eigenvalue weighted by Gasteiger charge is -2.39. The fraction of sp³-hybridized carbons (Fsp3) is 0.609. The van der Waals surface area contributed by atoms with Gasteiger partial charge in [-0.2, -0.15) is 0 Å². The van der Waals surface area contributed by atoms with Crippen molar-refractivity contribution in [1.29, 1.82) is 0 Å². The van der Waals surface area contributed by atoms with Gasteiger partial charge in [0.1, 0.15) is 0 Å². The van der Waals surface area contributed by atoms with Crippen LogP contribution in [0.25, 0.3) is 0 Å². The van der Waals surface area contributed by atoms with Crippen LogP contribution in [-0.4, -0.2) is 38.1 Å². The molecule has 0 aromatic heterocycles. The second-order valence-electron chi connectivity index (χ2n) is 9.04. The Labute approximate surface area is 162 Å². The number of hydrogen-bond donors (Lipinski definition) is 0. The normalized spacial score (nSPS) is 31.4. The summed E-state index contributed by atoms with van der Waals surface area (Å²) in [6.07, 6.45) is 4.08. The Kier molecular flexibility index (Phi) is 4.28. The molecule has 1 aromatic carbocycles. The van der Waals surface area contributed by atoms with Gasteiger partial charge >= 0.3 is 0 Å². The average molecular weight is 370 g/mol. The summed E-state index contributed by atoms with van der Waals surface area (Å²) < 4.78 is 11.1. The average Bonchev–Trinajstić information content (AvgIpc) is 3.37. The molecule has 2 bridgehead atoms. The number of hydrogen-bond acceptors (Lipinski definition) is 3. The van der Waals surface area contributed by atoms with E-state index < -0.39 is 0 Å². The van der Waals surface area contributed by atoms with Gasteiger partial charge in [-0.05, 0) is 43.1 Å². The minimum atomic E-state index is -0.318. The molecule has 1 amide bonds. The quantitative estimate of drug-likeness (QED) is 0.738. The van der Waals surface area contributed by atoms with Crippen molar-refractivity contribution in [3.63, 3.8) is 0 Å². The number of para-hydroxylation sites is 1. The number of rotatable bonds is 4. The van der Waals surface area contributed by atoms with Crippen molar-refractivity contribution in [1.82, 2.24) is 4.90 Å². The number of amides is 1. The number of carbonyl (C=O) groups is 1. The van der Waals surface area contributed by atoms with Crippen LogP contribution in [-0.2, 0) is 4.79 Å². The molecule has 0 unspecified atom stereocenters. The fourth-order valence-electron chi connectivity index (χ4n) is 5.86. The largest absolute Gasteiger partial charge is 0.493 e. The van der Waals surface area contributed by atoms with Crippen LogP contribution in [0.2, 0.25) is 0 Å². The third kappa shape index (κ3) is 2.52. The Hall–Kier alpha value is -1.97. The van der Waals surface area contributed by atoms with E-state index in [0.717, 1.165) is 55.8 Å². The van der Waals surface area contributed by atoms with Crippen molar-refractivity contribution in [2.24, 2.45) is 16.7 Å². The van der Waals surface area contributed by atoms with Gasteiger partial charge in [-0.1, -0.05) is 38.1 Å².